The largest absolute Gasteiger partial charge is 0.468 e. The van der Waals surface area contributed by atoms with Crippen LogP contribution in [-0.4, -0.2) is 37.7 Å². The van der Waals surface area contributed by atoms with Gasteiger partial charge in [0.1, 0.15) is 0 Å². The lowest BCUT2D eigenvalue weighted by atomic mass is 9.58. The molecule has 0 fully saturated rings. The van der Waals surface area contributed by atoms with Crippen molar-refractivity contribution in [1.82, 2.24) is 0 Å². The van der Waals surface area contributed by atoms with Crippen LogP contribution in [0.2, 0.25) is 0 Å². The number of Topliss-reactive ketones (excluding diaryl/α,β-unsaturated/α-hetero) is 2. The number of ether oxygens (including phenoxy) is 2. The minimum absolute atomic E-state index is 0.0939. The maximum Gasteiger partial charge on any atom is 0.321 e. The molecule has 0 bridgehead atoms. The van der Waals surface area contributed by atoms with E-state index in [9.17, 15) is 19.2 Å². The fourth-order valence-corrected chi connectivity index (χ4v) is 5.09. The number of carbonyl (C=O) groups excluding carboxylic acids is 4. The van der Waals surface area contributed by atoms with Gasteiger partial charge in [0.15, 0.2) is 22.4 Å². The summed E-state index contributed by atoms with van der Waals surface area (Å²) in [4.78, 5) is 54.0. The van der Waals surface area contributed by atoms with Crippen molar-refractivity contribution in [3.63, 3.8) is 0 Å². The average molecular weight is 406 g/mol. The Hall–Kier alpha value is -3.28. The van der Waals surface area contributed by atoms with Crippen molar-refractivity contribution in [2.75, 3.05) is 14.2 Å². The lowest BCUT2D eigenvalue weighted by molar-refractivity contribution is -0.168. The highest BCUT2D eigenvalue weighted by Gasteiger charge is 2.74. The third kappa shape index (κ3) is 2.30. The predicted molar refractivity (Wildman–Crippen MR) is 107 cm³/mol. The molecule has 0 heterocycles. The second-order valence-electron chi connectivity index (χ2n) is 8.13. The number of hydrogen-bond donors (Lipinski definition) is 0. The first-order valence-electron chi connectivity index (χ1n) is 9.68. The third-order valence-electron chi connectivity index (χ3n) is 6.49. The van der Waals surface area contributed by atoms with Crippen LogP contribution in [-0.2, 0) is 31.9 Å². The summed E-state index contributed by atoms with van der Waals surface area (Å²) >= 11 is 0. The van der Waals surface area contributed by atoms with Gasteiger partial charge in [-0.05, 0) is 37.8 Å². The van der Waals surface area contributed by atoms with E-state index in [1.54, 1.807) is 36.4 Å². The number of esters is 2. The van der Waals surface area contributed by atoms with Crippen LogP contribution in [0.3, 0.4) is 0 Å². The van der Waals surface area contributed by atoms with E-state index in [2.05, 4.69) is 0 Å². The molecule has 0 radical (unpaired) electrons. The smallest absolute Gasteiger partial charge is 0.321 e. The predicted octanol–water partition coefficient (Wildman–Crippen LogP) is 2.80. The monoisotopic (exact) mass is 406 g/mol. The molecule has 6 nitrogen and oxygen atoms in total. The quantitative estimate of drug-likeness (QED) is 0.576. The van der Waals surface area contributed by atoms with E-state index in [0.29, 0.717) is 22.3 Å². The van der Waals surface area contributed by atoms with Gasteiger partial charge < -0.3 is 9.47 Å². The van der Waals surface area contributed by atoms with Crippen LogP contribution in [0, 0.1) is 24.7 Å². The number of benzene rings is 2. The highest BCUT2D eigenvalue weighted by atomic mass is 16.5. The molecule has 0 saturated carbocycles. The molecule has 6 heteroatoms. The molecule has 0 aromatic heterocycles. The van der Waals surface area contributed by atoms with Crippen LogP contribution in [0.15, 0.2) is 36.4 Å². The Morgan fingerprint density at radius 1 is 0.733 bits per heavy atom. The zero-order valence-electron chi connectivity index (χ0n) is 17.3. The number of methoxy groups -OCH3 is 2. The van der Waals surface area contributed by atoms with Crippen molar-refractivity contribution < 1.29 is 28.7 Å². The van der Waals surface area contributed by atoms with E-state index in [1.807, 2.05) is 13.8 Å². The number of fused-ring (bicyclic) bond motifs is 2. The summed E-state index contributed by atoms with van der Waals surface area (Å²) in [6.07, 6.45) is -0.188. The van der Waals surface area contributed by atoms with Gasteiger partial charge in [0.05, 0.1) is 14.2 Å². The maximum absolute atomic E-state index is 13.7. The SMILES string of the molecule is COC(=O)[C@]1([C@@]2(C(=O)OC)Cc3cc(C)ccc3C2=O)Cc2cc(C)ccc2C1=O. The Balaban J connectivity index is 2.03. The second kappa shape index (κ2) is 6.62. The standard InChI is InChI=1S/C24H22O6/c1-13-5-7-17-15(9-13)11-23(19(17)25,21(27)29-3)24(22(28)30-4)12-16-10-14(2)6-8-18(16)20(24)26/h5-10H,11-12H2,1-4H3/t23-,24-/m0/s1. The van der Waals surface area contributed by atoms with E-state index in [1.165, 1.54) is 0 Å². The van der Waals surface area contributed by atoms with Crippen molar-refractivity contribution >= 4 is 23.5 Å². The zero-order valence-corrected chi connectivity index (χ0v) is 17.3. The van der Waals surface area contributed by atoms with Crippen molar-refractivity contribution in [1.29, 1.82) is 0 Å². The molecule has 0 N–H and O–H groups in total. The Bertz CT molecular complexity index is 1040. The molecule has 0 aliphatic heterocycles. The highest BCUT2D eigenvalue weighted by Crippen LogP contribution is 2.57. The van der Waals surface area contributed by atoms with Gasteiger partial charge in [0.2, 0.25) is 0 Å². The summed E-state index contributed by atoms with van der Waals surface area (Å²) in [6.45, 7) is 3.75. The van der Waals surface area contributed by atoms with Crippen LogP contribution in [0.4, 0.5) is 0 Å². The summed E-state index contributed by atoms with van der Waals surface area (Å²) in [5.74, 6) is -2.95. The van der Waals surface area contributed by atoms with Gasteiger partial charge >= 0.3 is 11.9 Å². The van der Waals surface area contributed by atoms with Crippen molar-refractivity contribution in [2.24, 2.45) is 10.8 Å². The molecule has 2 aliphatic carbocycles. The van der Waals surface area contributed by atoms with Gasteiger partial charge in [-0.3, -0.25) is 19.2 Å². The normalized spacial score (nSPS) is 24.4. The molecule has 30 heavy (non-hydrogen) atoms. The molecule has 154 valence electrons. The summed E-state index contributed by atoms with van der Waals surface area (Å²) in [5, 5.41) is 0. The first-order chi connectivity index (χ1) is 14.2. The molecule has 0 unspecified atom stereocenters. The molecular formula is C24H22O6. The third-order valence-corrected chi connectivity index (χ3v) is 6.49. The fraction of sp³-hybridized carbons (Fsp3) is 0.333. The number of rotatable bonds is 3. The van der Waals surface area contributed by atoms with E-state index >= 15 is 0 Å². The van der Waals surface area contributed by atoms with Crippen LogP contribution in [0.1, 0.15) is 43.0 Å². The van der Waals surface area contributed by atoms with E-state index in [0.717, 1.165) is 25.3 Å². The number of hydrogen-bond acceptors (Lipinski definition) is 6. The summed E-state index contributed by atoms with van der Waals surface area (Å²) in [7, 11) is 2.32. The molecule has 2 aromatic carbocycles. The van der Waals surface area contributed by atoms with Gasteiger partial charge in [-0.15, -0.1) is 0 Å². The molecule has 2 aromatic rings. The Morgan fingerprint density at radius 3 is 1.43 bits per heavy atom. The molecule has 4 rings (SSSR count). The maximum atomic E-state index is 13.7. The van der Waals surface area contributed by atoms with Crippen LogP contribution in [0.25, 0.3) is 0 Å². The Labute approximate surface area is 174 Å². The van der Waals surface area contributed by atoms with Crippen molar-refractivity contribution in [3.8, 4) is 0 Å². The lowest BCUT2D eigenvalue weighted by Crippen LogP contribution is -2.60. The van der Waals surface area contributed by atoms with Crippen molar-refractivity contribution in [2.45, 2.75) is 26.7 Å². The summed E-state index contributed by atoms with van der Waals surface area (Å²) in [6, 6.07) is 10.4. The topological polar surface area (TPSA) is 86.7 Å². The second-order valence-corrected chi connectivity index (χ2v) is 8.13. The summed E-state index contributed by atoms with van der Waals surface area (Å²) < 4.78 is 10.1. The fourth-order valence-electron chi connectivity index (χ4n) is 5.09. The molecule has 2 aliphatic rings. The molecule has 0 saturated heterocycles. The Morgan fingerprint density at radius 2 is 1.10 bits per heavy atom. The molecular weight excluding hydrogens is 384 g/mol. The van der Waals surface area contributed by atoms with Crippen LogP contribution >= 0.6 is 0 Å². The molecule has 0 spiro atoms. The van der Waals surface area contributed by atoms with E-state index in [4.69, 9.17) is 9.47 Å². The molecule has 2 atom stereocenters. The average Bonchev–Trinajstić information content (AvgIpc) is 3.19. The van der Waals surface area contributed by atoms with Gasteiger partial charge in [-0.2, -0.15) is 0 Å². The lowest BCUT2D eigenvalue weighted by Gasteiger charge is -2.39. The van der Waals surface area contributed by atoms with Gasteiger partial charge in [0.25, 0.3) is 0 Å². The number of carbonyl (C=O) groups is 4. The van der Waals surface area contributed by atoms with E-state index in [-0.39, 0.29) is 12.8 Å². The zero-order chi connectivity index (χ0) is 21.8. The number of ketones is 2. The minimum Gasteiger partial charge on any atom is -0.468 e. The van der Waals surface area contributed by atoms with Crippen LogP contribution < -0.4 is 0 Å². The summed E-state index contributed by atoms with van der Waals surface area (Å²) in [5.41, 5.74) is -0.327. The first-order valence-corrected chi connectivity index (χ1v) is 9.68. The van der Waals surface area contributed by atoms with Gasteiger partial charge in [-0.25, -0.2) is 0 Å². The minimum atomic E-state index is -2.02. The number of aryl methyl sites for hydroxylation is 2. The van der Waals surface area contributed by atoms with Crippen LogP contribution in [0.5, 0.6) is 0 Å². The molecule has 0 amide bonds. The highest BCUT2D eigenvalue weighted by molar-refractivity contribution is 6.28. The van der Waals surface area contributed by atoms with Gasteiger partial charge in [-0.1, -0.05) is 47.5 Å². The Kier molecular flexibility index (Phi) is 4.42. The first kappa shape index (κ1) is 20.0. The van der Waals surface area contributed by atoms with Crippen molar-refractivity contribution in [3.05, 3.63) is 69.8 Å². The van der Waals surface area contributed by atoms with Gasteiger partial charge in [0, 0.05) is 11.1 Å². The van der Waals surface area contributed by atoms with E-state index < -0.39 is 34.3 Å².